The fourth-order valence-electron chi connectivity index (χ4n) is 1.34. The van der Waals surface area contributed by atoms with Gasteiger partial charge in [0.25, 0.3) is 0 Å². The van der Waals surface area contributed by atoms with Crippen LogP contribution in [0, 0.1) is 5.41 Å². The van der Waals surface area contributed by atoms with Crippen LogP contribution in [0.2, 0.25) is 0 Å². The van der Waals surface area contributed by atoms with Gasteiger partial charge in [0.1, 0.15) is 5.84 Å². The Kier molecular flexibility index (Phi) is 2.07. The first-order valence-corrected chi connectivity index (χ1v) is 4.35. The van der Waals surface area contributed by atoms with Gasteiger partial charge in [-0.3, -0.25) is 5.41 Å². The quantitative estimate of drug-likeness (QED) is 0.413. The van der Waals surface area contributed by atoms with Crippen molar-refractivity contribution in [3.05, 3.63) is 46.5 Å². The normalized spacial score (nSPS) is 13.6. The maximum Gasteiger partial charge on any atom is 0.139 e. The third-order valence-corrected chi connectivity index (χ3v) is 2.10. The van der Waals surface area contributed by atoms with Crippen molar-refractivity contribution in [2.24, 2.45) is 5.73 Å². The van der Waals surface area contributed by atoms with Gasteiger partial charge in [-0.15, -0.1) is 0 Å². The highest BCUT2D eigenvalue weighted by Crippen LogP contribution is 1.90. The molecule has 0 atom stereocenters. The molecule has 1 aromatic carbocycles. The monoisotopic (exact) mass is 185 g/mol. The van der Waals surface area contributed by atoms with Gasteiger partial charge >= 0.3 is 0 Å². The minimum atomic E-state index is 0.0466. The van der Waals surface area contributed by atoms with Gasteiger partial charge in [0, 0.05) is 6.20 Å². The molecule has 0 fully saturated rings. The van der Waals surface area contributed by atoms with E-state index in [9.17, 15) is 0 Å². The Hall–Kier alpha value is -2.03. The number of hydrogen-bond donors (Lipinski definition) is 3. The Labute approximate surface area is 81.8 Å². The number of benzene rings is 1. The maximum absolute atomic E-state index is 7.30. The van der Waals surface area contributed by atoms with Gasteiger partial charge < -0.3 is 11.1 Å². The number of nitrogens with two attached hydrogens (primary N) is 1. The summed E-state index contributed by atoms with van der Waals surface area (Å²) in [7, 11) is 0. The summed E-state index contributed by atoms with van der Waals surface area (Å²) in [6.45, 7) is 0. The van der Waals surface area contributed by atoms with E-state index in [4.69, 9.17) is 11.1 Å². The second kappa shape index (κ2) is 3.38. The van der Waals surface area contributed by atoms with E-state index in [1.165, 1.54) is 0 Å². The lowest BCUT2D eigenvalue weighted by molar-refractivity contribution is 1.18. The molecule has 1 aliphatic heterocycles. The highest BCUT2D eigenvalue weighted by molar-refractivity contribution is 5.95. The van der Waals surface area contributed by atoms with E-state index >= 15 is 0 Å². The van der Waals surface area contributed by atoms with Crippen LogP contribution in [-0.4, -0.2) is 5.84 Å². The highest BCUT2D eigenvalue weighted by Gasteiger charge is 1.98. The summed E-state index contributed by atoms with van der Waals surface area (Å²) < 4.78 is 0. The van der Waals surface area contributed by atoms with Crippen molar-refractivity contribution in [3.63, 3.8) is 0 Å². The smallest absolute Gasteiger partial charge is 0.139 e. The molecule has 0 saturated carbocycles. The number of allylic oxidation sites excluding steroid dienone is 1. The Morgan fingerprint density at radius 3 is 2.57 bits per heavy atom. The van der Waals surface area contributed by atoms with E-state index in [-0.39, 0.29) is 5.84 Å². The van der Waals surface area contributed by atoms with E-state index in [1.54, 1.807) is 0 Å². The van der Waals surface area contributed by atoms with Crippen molar-refractivity contribution in [2.45, 2.75) is 0 Å². The second-order valence-electron chi connectivity index (χ2n) is 3.08. The Balaban J connectivity index is 2.57. The van der Waals surface area contributed by atoms with Gasteiger partial charge in [0.15, 0.2) is 0 Å². The Morgan fingerprint density at radius 1 is 1.14 bits per heavy atom. The molecule has 0 radical (unpaired) electrons. The maximum atomic E-state index is 7.30. The summed E-state index contributed by atoms with van der Waals surface area (Å²) in [6, 6.07) is 7.99. The van der Waals surface area contributed by atoms with Crippen LogP contribution in [-0.2, 0) is 0 Å². The molecular weight excluding hydrogens is 174 g/mol. The lowest BCUT2D eigenvalue weighted by Crippen LogP contribution is -2.26. The summed E-state index contributed by atoms with van der Waals surface area (Å²) in [5, 5.41) is 12.5. The number of nitrogens with one attached hydrogen (secondary N) is 2. The van der Waals surface area contributed by atoms with Gasteiger partial charge in [-0.1, -0.05) is 30.3 Å². The van der Waals surface area contributed by atoms with Gasteiger partial charge in [0.05, 0.1) is 5.70 Å². The minimum absolute atomic E-state index is 0.0466. The average Bonchev–Trinajstić information content (AvgIpc) is 2.39. The van der Waals surface area contributed by atoms with Gasteiger partial charge in [-0.05, 0) is 16.5 Å². The first kappa shape index (κ1) is 8.56. The van der Waals surface area contributed by atoms with E-state index in [2.05, 4.69) is 5.32 Å². The predicted molar refractivity (Wildman–Crippen MR) is 57.8 cm³/mol. The van der Waals surface area contributed by atoms with Gasteiger partial charge in [-0.2, -0.15) is 0 Å². The first-order valence-electron chi connectivity index (χ1n) is 4.35. The minimum Gasteiger partial charge on any atom is -0.382 e. The lowest BCUT2D eigenvalue weighted by atomic mass is 10.2. The molecule has 4 N–H and O–H groups in total. The van der Waals surface area contributed by atoms with Crippen molar-refractivity contribution in [1.82, 2.24) is 5.32 Å². The third-order valence-electron chi connectivity index (χ3n) is 2.10. The van der Waals surface area contributed by atoms with Crippen molar-refractivity contribution in [1.29, 1.82) is 5.41 Å². The van der Waals surface area contributed by atoms with Crippen LogP contribution in [0.15, 0.2) is 36.0 Å². The van der Waals surface area contributed by atoms with Crippen LogP contribution in [0.4, 0.5) is 0 Å². The summed E-state index contributed by atoms with van der Waals surface area (Å²) in [5.74, 6) is 0.0466. The van der Waals surface area contributed by atoms with Gasteiger partial charge in [-0.25, -0.2) is 0 Å². The van der Waals surface area contributed by atoms with Crippen molar-refractivity contribution in [2.75, 3.05) is 0 Å². The van der Waals surface area contributed by atoms with Crippen LogP contribution in [0.25, 0.3) is 12.3 Å². The summed E-state index contributed by atoms with van der Waals surface area (Å²) in [5.41, 5.74) is 6.01. The molecule has 0 aromatic heterocycles. The van der Waals surface area contributed by atoms with E-state index in [1.807, 2.05) is 42.6 Å². The molecular formula is C11H11N3. The summed E-state index contributed by atoms with van der Waals surface area (Å²) >= 11 is 0. The number of amidine groups is 1. The van der Waals surface area contributed by atoms with Crippen LogP contribution in [0.1, 0.15) is 0 Å². The summed E-state index contributed by atoms with van der Waals surface area (Å²) in [6.07, 6.45) is 5.61. The molecule has 0 bridgehead atoms. The molecule has 2 rings (SSSR count). The van der Waals surface area contributed by atoms with E-state index in [0.717, 1.165) is 10.4 Å². The molecule has 0 spiro atoms. The molecule has 14 heavy (non-hydrogen) atoms. The lowest BCUT2D eigenvalue weighted by Gasteiger charge is -2.01. The first-order chi connectivity index (χ1) is 6.77. The Bertz CT molecular complexity index is 512. The molecule has 1 heterocycles. The van der Waals surface area contributed by atoms with Crippen molar-refractivity contribution in [3.8, 4) is 0 Å². The van der Waals surface area contributed by atoms with Crippen molar-refractivity contribution < 1.29 is 0 Å². The van der Waals surface area contributed by atoms with E-state index in [0.29, 0.717) is 5.70 Å². The molecule has 0 amide bonds. The number of hydrogen-bond acceptors (Lipinski definition) is 2. The number of fused-ring (bicyclic) bond motifs is 1. The van der Waals surface area contributed by atoms with Gasteiger partial charge in [0.2, 0.25) is 0 Å². The molecule has 3 nitrogen and oxygen atoms in total. The van der Waals surface area contributed by atoms with Crippen LogP contribution >= 0.6 is 0 Å². The Morgan fingerprint density at radius 2 is 1.86 bits per heavy atom. The zero-order valence-corrected chi connectivity index (χ0v) is 7.62. The fourth-order valence-corrected chi connectivity index (χ4v) is 1.34. The zero-order valence-electron chi connectivity index (χ0n) is 7.62. The fraction of sp³-hybridized carbons (Fsp3) is 0. The molecule has 0 aliphatic carbocycles. The predicted octanol–water partition coefficient (Wildman–Crippen LogP) is -0.372. The average molecular weight is 185 g/mol. The largest absolute Gasteiger partial charge is 0.382 e. The molecule has 0 unspecified atom stereocenters. The molecule has 3 heteroatoms. The molecule has 70 valence electrons. The topological polar surface area (TPSA) is 61.9 Å². The third kappa shape index (κ3) is 1.52. The highest BCUT2D eigenvalue weighted by atomic mass is 14.9. The van der Waals surface area contributed by atoms with Crippen LogP contribution in [0.5, 0.6) is 0 Å². The standard InChI is InChI=1S/C11H11N3/c12-11(13)10-6-5-8-3-1-2-4-9(8)7-14-10/h1-7,14H,(H3,12,13). The van der Waals surface area contributed by atoms with Crippen LogP contribution < -0.4 is 21.5 Å². The zero-order chi connectivity index (χ0) is 9.97. The van der Waals surface area contributed by atoms with Crippen LogP contribution in [0.3, 0.4) is 0 Å². The SMILES string of the molecule is N=C(N)C1=CC=c2ccccc2=CN1. The molecule has 1 aliphatic rings. The number of rotatable bonds is 1. The molecule has 1 aromatic rings. The summed E-state index contributed by atoms with van der Waals surface area (Å²) in [4.78, 5) is 0. The molecule has 0 saturated heterocycles. The van der Waals surface area contributed by atoms with E-state index < -0.39 is 0 Å². The van der Waals surface area contributed by atoms with Crippen molar-refractivity contribution >= 4 is 18.1 Å². The second-order valence-corrected chi connectivity index (χ2v) is 3.08.